The van der Waals surface area contributed by atoms with Crippen LogP contribution in [0, 0.1) is 0 Å². The van der Waals surface area contributed by atoms with Crippen LogP contribution in [-0.4, -0.2) is 66.7 Å². The Balaban J connectivity index is 1.37. The first-order valence-electron chi connectivity index (χ1n) is 11.6. The number of nitrogens with zero attached hydrogens (tertiary/aromatic N) is 4. The van der Waals surface area contributed by atoms with Gasteiger partial charge in [0, 0.05) is 59.4 Å². The predicted molar refractivity (Wildman–Crippen MR) is 134 cm³/mol. The summed E-state index contributed by atoms with van der Waals surface area (Å²) in [5.74, 6) is 1.33. The zero-order valence-corrected chi connectivity index (χ0v) is 19.3. The summed E-state index contributed by atoms with van der Waals surface area (Å²) in [7, 11) is 1.94. The molecule has 1 fully saturated rings. The smallest absolute Gasteiger partial charge is 0.227 e. The number of nitrogens with one attached hydrogen (secondary N) is 3. The molecule has 1 aliphatic heterocycles. The van der Waals surface area contributed by atoms with Crippen LogP contribution in [0.2, 0.25) is 0 Å². The monoisotopic (exact) mass is 459 g/mol. The number of H-pyrrole nitrogens is 1. The highest BCUT2D eigenvalue weighted by molar-refractivity contribution is 5.88. The first-order chi connectivity index (χ1) is 16.8. The van der Waals surface area contributed by atoms with Crippen LogP contribution in [0.25, 0.3) is 22.0 Å². The lowest BCUT2D eigenvalue weighted by molar-refractivity contribution is 0.122. The zero-order valence-electron chi connectivity index (χ0n) is 19.3. The van der Waals surface area contributed by atoms with Gasteiger partial charge in [0.2, 0.25) is 5.95 Å². The van der Waals surface area contributed by atoms with Crippen LogP contribution in [0.15, 0.2) is 55.0 Å². The third kappa shape index (κ3) is 5.11. The summed E-state index contributed by atoms with van der Waals surface area (Å²) in [5, 5.41) is 14.4. The molecule has 3 heterocycles. The average molecular weight is 460 g/mol. The van der Waals surface area contributed by atoms with Crippen molar-refractivity contribution < 1.29 is 9.47 Å². The average Bonchev–Trinajstić information content (AvgIpc) is 3.42. The van der Waals surface area contributed by atoms with E-state index in [0.717, 1.165) is 72.7 Å². The zero-order chi connectivity index (χ0) is 23.2. The van der Waals surface area contributed by atoms with Crippen molar-refractivity contribution >= 4 is 28.2 Å². The summed E-state index contributed by atoms with van der Waals surface area (Å²) in [4.78, 5) is 11.6. The maximum atomic E-state index is 6.12. The minimum Gasteiger partial charge on any atom is -0.493 e. The molecule has 34 heavy (non-hydrogen) atoms. The Hall–Kier alpha value is -3.69. The highest BCUT2D eigenvalue weighted by Crippen LogP contribution is 2.34. The van der Waals surface area contributed by atoms with Gasteiger partial charge in [-0.2, -0.15) is 5.10 Å². The van der Waals surface area contributed by atoms with Gasteiger partial charge in [0.1, 0.15) is 5.75 Å². The molecule has 2 aromatic carbocycles. The number of anilines is 3. The quantitative estimate of drug-likeness (QED) is 0.327. The molecule has 0 saturated carbocycles. The van der Waals surface area contributed by atoms with Crippen LogP contribution in [0.5, 0.6) is 5.75 Å². The number of hydrogen-bond acceptors (Lipinski definition) is 8. The van der Waals surface area contributed by atoms with Crippen LogP contribution < -0.4 is 20.3 Å². The Kier molecular flexibility index (Phi) is 6.83. The molecule has 0 spiro atoms. The normalized spacial score (nSPS) is 13.9. The summed E-state index contributed by atoms with van der Waals surface area (Å²) in [6.07, 6.45) is 6.40. The number of rotatable bonds is 9. The molecule has 9 heteroatoms. The molecule has 1 saturated heterocycles. The molecular weight excluding hydrogens is 430 g/mol. The minimum absolute atomic E-state index is 0.545. The number of ether oxygens (including phenoxy) is 2. The fraction of sp³-hybridized carbons (Fsp3) is 0.320. The molecule has 2 aromatic heterocycles. The van der Waals surface area contributed by atoms with Crippen LogP contribution in [0.3, 0.4) is 0 Å². The van der Waals surface area contributed by atoms with Crippen LogP contribution in [0.1, 0.15) is 6.42 Å². The van der Waals surface area contributed by atoms with E-state index in [-0.39, 0.29) is 0 Å². The van der Waals surface area contributed by atoms with Gasteiger partial charge >= 0.3 is 0 Å². The number of morpholine rings is 1. The molecule has 5 rings (SSSR count). The SMILES string of the molecule is CNCCCOc1cc2nc(Nc3ccc(N4CCOCC4)cc3)ncc2cc1-c1cn[nH]c1. The van der Waals surface area contributed by atoms with Crippen LogP contribution in [0.4, 0.5) is 17.3 Å². The first-order valence-corrected chi connectivity index (χ1v) is 11.6. The van der Waals surface area contributed by atoms with E-state index in [1.54, 1.807) is 6.20 Å². The van der Waals surface area contributed by atoms with Gasteiger partial charge in [-0.15, -0.1) is 0 Å². The Morgan fingerprint density at radius 1 is 1.12 bits per heavy atom. The summed E-state index contributed by atoms with van der Waals surface area (Å²) in [6.45, 7) is 4.89. The van der Waals surface area contributed by atoms with E-state index < -0.39 is 0 Å². The van der Waals surface area contributed by atoms with Crippen molar-refractivity contribution in [2.45, 2.75) is 6.42 Å². The Labute approximate surface area is 198 Å². The minimum atomic E-state index is 0.545. The highest BCUT2D eigenvalue weighted by Gasteiger charge is 2.13. The largest absolute Gasteiger partial charge is 0.493 e. The summed E-state index contributed by atoms with van der Waals surface area (Å²) >= 11 is 0. The fourth-order valence-electron chi connectivity index (χ4n) is 4.00. The van der Waals surface area contributed by atoms with Crippen molar-refractivity contribution in [3.05, 3.63) is 55.0 Å². The molecule has 4 aromatic rings. The molecule has 0 amide bonds. The second-order valence-electron chi connectivity index (χ2n) is 8.16. The van der Waals surface area contributed by atoms with Crippen LogP contribution >= 0.6 is 0 Å². The molecule has 176 valence electrons. The third-order valence-corrected chi connectivity index (χ3v) is 5.82. The van der Waals surface area contributed by atoms with Crippen LogP contribution in [-0.2, 0) is 4.74 Å². The van der Waals surface area contributed by atoms with Gasteiger partial charge in [0.05, 0.1) is 31.5 Å². The first kappa shape index (κ1) is 22.1. The van der Waals surface area contributed by atoms with Gasteiger partial charge in [0.25, 0.3) is 0 Å². The van der Waals surface area contributed by atoms with Gasteiger partial charge in [-0.3, -0.25) is 5.10 Å². The van der Waals surface area contributed by atoms with Gasteiger partial charge in [-0.1, -0.05) is 0 Å². The molecule has 0 radical (unpaired) electrons. The molecule has 9 nitrogen and oxygen atoms in total. The summed E-state index contributed by atoms with van der Waals surface area (Å²) in [6, 6.07) is 12.4. The molecular formula is C25H29N7O2. The summed E-state index contributed by atoms with van der Waals surface area (Å²) in [5.41, 5.74) is 4.88. The second kappa shape index (κ2) is 10.5. The molecule has 3 N–H and O–H groups in total. The molecule has 1 aliphatic rings. The van der Waals surface area contributed by atoms with Gasteiger partial charge in [-0.05, 0) is 50.3 Å². The van der Waals surface area contributed by atoms with E-state index in [1.165, 1.54) is 5.69 Å². The Bertz CT molecular complexity index is 1210. The van der Waals surface area contributed by atoms with E-state index in [4.69, 9.17) is 14.5 Å². The third-order valence-electron chi connectivity index (χ3n) is 5.82. The van der Waals surface area contributed by atoms with Crippen molar-refractivity contribution in [3.63, 3.8) is 0 Å². The lowest BCUT2D eigenvalue weighted by Crippen LogP contribution is -2.36. The van der Waals surface area contributed by atoms with E-state index in [0.29, 0.717) is 12.6 Å². The maximum Gasteiger partial charge on any atom is 0.227 e. The van der Waals surface area contributed by atoms with Gasteiger partial charge in [-0.25, -0.2) is 9.97 Å². The Morgan fingerprint density at radius 3 is 2.74 bits per heavy atom. The summed E-state index contributed by atoms with van der Waals surface area (Å²) < 4.78 is 11.6. The fourth-order valence-corrected chi connectivity index (χ4v) is 4.00. The molecule has 0 aliphatic carbocycles. The van der Waals surface area contributed by atoms with Crippen molar-refractivity contribution in [1.82, 2.24) is 25.5 Å². The Morgan fingerprint density at radius 2 is 1.97 bits per heavy atom. The lowest BCUT2D eigenvalue weighted by atomic mass is 10.1. The second-order valence-corrected chi connectivity index (χ2v) is 8.16. The standard InChI is InChI=1S/C25H29N7O2/c1-26-7-2-10-34-24-14-23-18(13-22(24)19-16-28-29-17-19)15-27-25(31-23)30-20-3-5-21(6-4-20)32-8-11-33-12-9-32/h3-6,13-17,26H,2,7-12H2,1H3,(H,28,29)(H,27,30,31). The number of benzene rings is 2. The van der Waals surface area contributed by atoms with E-state index in [1.807, 2.05) is 25.5 Å². The molecule has 0 bridgehead atoms. The number of aromatic nitrogens is 4. The maximum absolute atomic E-state index is 6.12. The molecule has 0 unspecified atom stereocenters. The lowest BCUT2D eigenvalue weighted by Gasteiger charge is -2.28. The number of hydrogen-bond donors (Lipinski definition) is 3. The van der Waals surface area contributed by atoms with Crippen molar-refractivity contribution in [1.29, 1.82) is 0 Å². The van der Waals surface area contributed by atoms with Crippen molar-refractivity contribution in [2.75, 3.05) is 56.7 Å². The van der Waals surface area contributed by atoms with Gasteiger partial charge in [0.15, 0.2) is 0 Å². The number of aromatic amines is 1. The van der Waals surface area contributed by atoms with E-state index >= 15 is 0 Å². The van der Waals surface area contributed by atoms with Crippen molar-refractivity contribution in [3.8, 4) is 16.9 Å². The number of fused-ring (bicyclic) bond motifs is 1. The highest BCUT2D eigenvalue weighted by atomic mass is 16.5. The van der Waals surface area contributed by atoms with E-state index in [9.17, 15) is 0 Å². The van der Waals surface area contributed by atoms with Gasteiger partial charge < -0.3 is 25.0 Å². The van der Waals surface area contributed by atoms with E-state index in [2.05, 4.69) is 61.0 Å². The predicted octanol–water partition coefficient (Wildman–Crippen LogP) is 3.59. The molecule has 0 atom stereocenters. The van der Waals surface area contributed by atoms with Crippen molar-refractivity contribution in [2.24, 2.45) is 0 Å². The topological polar surface area (TPSA) is 100 Å².